The van der Waals surface area contributed by atoms with E-state index in [2.05, 4.69) is 15.0 Å². The summed E-state index contributed by atoms with van der Waals surface area (Å²) in [7, 11) is -3.64. The Bertz CT molecular complexity index is 1090. The minimum Gasteiger partial charge on any atom is -0.439 e. The molecule has 1 saturated carbocycles. The van der Waals surface area contributed by atoms with Crippen LogP contribution in [0.1, 0.15) is 23.2 Å². The number of sulfonamides is 1. The Hall–Kier alpha value is -3.39. The first-order valence-electron chi connectivity index (χ1n) is 9.12. The number of benzene rings is 2. The highest BCUT2D eigenvalue weighted by atomic mass is 32.2. The summed E-state index contributed by atoms with van der Waals surface area (Å²) in [5.74, 6) is 0.697. The summed E-state index contributed by atoms with van der Waals surface area (Å²) in [5.41, 5.74) is 0.899. The van der Waals surface area contributed by atoms with E-state index in [0.717, 1.165) is 12.8 Å². The summed E-state index contributed by atoms with van der Waals surface area (Å²) < 4.78 is 32.9. The zero-order valence-corrected chi connectivity index (χ0v) is 16.2. The molecule has 8 heteroatoms. The van der Waals surface area contributed by atoms with E-state index in [4.69, 9.17) is 4.74 Å². The number of carbonyl (C=O) groups excluding carboxylic acids is 1. The van der Waals surface area contributed by atoms with Crippen molar-refractivity contribution in [3.63, 3.8) is 0 Å². The molecule has 0 radical (unpaired) electrons. The summed E-state index contributed by atoms with van der Waals surface area (Å²) in [6.07, 6.45) is 3.52. The predicted molar refractivity (Wildman–Crippen MR) is 108 cm³/mol. The zero-order valence-electron chi connectivity index (χ0n) is 15.4. The molecular weight excluding hydrogens is 390 g/mol. The number of nitrogens with one attached hydrogen (secondary N) is 2. The molecule has 0 aliphatic heterocycles. The molecule has 2 aromatic carbocycles. The smallest absolute Gasteiger partial charge is 0.261 e. The van der Waals surface area contributed by atoms with Crippen molar-refractivity contribution in [1.82, 2.24) is 10.3 Å². The molecule has 1 fully saturated rings. The minimum atomic E-state index is -3.64. The van der Waals surface area contributed by atoms with Crippen LogP contribution in [-0.2, 0) is 10.0 Å². The van der Waals surface area contributed by atoms with Crippen LogP contribution < -0.4 is 14.8 Å². The van der Waals surface area contributed by atoms with E-state index in [1.54, 1.807) is 54.6 Å². The summed E-state index contributed by atoms with van der Waals surface area (Å²) in [6.45, 7) is 0. The van der Waals surface area contributed by atoms with Crippen molar-refractivity contribution in [2.45, 2.75) is 23.8 Å². The number of rotatable bonds is 7. The maximum atomic E-state index is 12.4. The maximum Gasteiger partial charge on any atom is 0.261 e. The third kappa shape index (κ3) is 4.91. The molecule has 3 aromatic rings. The number of aromatic nitrogens is 1. The van der Waals surface area contributed by atoms with Crippen molar-refractivity contribution in [2.75, 3.05) is 4.72 Å². The molecule has 0 unspecified atom stereocenters. The Morgan fingerprint density at radius 3 is 2.31 bits per heavy atom. The van der Waals surface area contributed by atoms with E-state index in [9.17, 15) is 13.2 Å². The van der Waals surface area contributed by atoms with Crippen LogP contribution in [0.5, 0.6) is 11.6 Å². The van der Waals surface area contributed by atoms with Crippen molar-refractivity contribution in [3.05, 3.63) is 78.5 Å². The van der Waals surface area contributed by atoms with Gasteiger partial charge in [0.15, 0.2) is 0 Å². The van der Waals surface area contributed by atoms with E-state index < -0.39 is 10.0 Å². The van der Waals surface area contributed by atoms with Crippen molar-refractivity contribution >= 4 is 21.6 Å². The standard InChI is InChI=1S/C21H19N3O4S/c25-21(23-16-7-8-16)15-6-13-20(22-14-15)28-18-11-9-17(10-12-18)24-29(26,27)19-4-2-1-3-5-19/h1-6,9-14,16,24H,7-8H2,(H,23,25). The zero-order chi connectivity index (χ0) is 20.3. The van der Waals surface area contributed by atoms with E-state index in [-0.39, 0.29) is 16.8 Å². The van der Waals surface area contributed by atoms with Gasteiger partial charge in [-0.05, 0) is 55.3 Å². The third-order valence-corrected chi connectivity index (χ3v) is 5.69. The molecule has 1 aliphatic carbocycles. The second-order valence-corrected chi connectivity index (χ2v) is 8.36. The molecule has 7 nitrogen and oxygen atoms in total. The van der Waals surface area contributed by atoms with Crippen LogP contribution >= 0.6 is 0 Å². The molecule has 1 heterocycles. The van der Waals surface area contributed by atoms with Gasteiger partial charge in [0.2, 0.25) is 5.88 Å². The lowest BCUT2D eigenvalue weighted by Gasteiger charge is -2.09. The lowest BCUT2D eigenvalue weighted by Crippen LogP contribution is -2.25. The van der Waals surface area contributed by atoms with E-state index in [1.807, 2.05) is 0 Å². The first-order chi connectivity index (χ1) is 14.0. The number of ether oxygens (including phenoxy) is 1. The number of amides is 1. The monoisotopic (exact) mass is 409 g/mol. The van der Waals surface area contributed by atoms with Gasteiger partial charge in [0.05, 0.1) is 10.5 Å². The maximum absolute atomic E-state index is 12.4. The highest BCUT2D eigenvalue weighted by molar-refractivity contribution is 7.92. The Morgan fingerprint density at radius 1 is 0.966 bits per heavy atom. The van der Waals surface area contributed by atoms with Crippen LogP contribution in [0, 0.1) is 0 Å². The first-order valence-corrected chi connectivity index (χ1v) is 10.6. The van der Waals surface area contributed by atoms with Gasteiger partial charge in [-0.1, -0.05) is 18.2 Å². The topological polar surface area (TPSA) is 97.4 Å². The van der Waals surface area contributed by atoms with Crippen LogP contribution in [0.3, 0.4) is 0 Å². The third-order valence-electron chi connectivity index (χ3n) is 4.29. The van der Waals surface area contributed by atoms with Crippen LogP contribution in [0.4, 0.5) is 5.69 Å². The van der Waals surface area contributed by atoms with Crippen LogP contribution in [0.15, 0.2) is 77.8 Å². The van der Waals surface area contributed by atoms with Crippen LogP contribution in [0.2, 0.25) is 0 Å². The fourth-order valence-corrected chi connectivity index (χ4v) is 3.68. The molecule has 29 heavy (non-hydrogen) atoms. The Balaban J connectivity index is 1.38. The second-order valence-electron chi connectivity index (χ2n) is 6.68. The molecule has 1 amide bonds. The number of hydrogen-bond donors (Lipinski definition) is 2. The van der Waals surface area contributed by atoms with E-state index >= 15 is 0 Å². The second kappa shape index (κ2) is 7.92. The van der Waals surface area contributed by atoms with Gasteiger partial charge in [-0.2, -0.15) is 0 Å². The molecule has 0 spiro atoms. The number of nitrogens with zero attached hydrogens (tertiary/aromatic N) is 1. The molecule has 2 N–H and O–H groups in total. The van der Waals surface area contributed by atoms with Crippen molar-refractivity contribution < 1.29 is 17.9 Å². The van der Waals surface area contributed by atoms with Gasteiger partial charge in [0.25, 0.3) is 15.9 Å². The largest absolute Gasteiger partial charge is 0.439 e. The van der Waals surface area contributed by atoms with Crippen molar-refractivity contribution in [3.8, 4) is 11.6 Å². The number of hydrogen-bond acceptors (Lipinski definition) is 5. The Kier molecular flexibility index (Phi) is 5.18. The predicted octanol–water partition coefficient (Wildman–Crippen LogP) is 3.57. The number of carbonyl (C=O) groups is 1. The SMILES string of the molecule is O=C(NC1CC1)c1ccc(Oc2ccc(NS(=O)(=O)c3ccccc3)cc2)nc1. The summed E-state index contributed by atoms with van der Waals surface area (Å²) in [4.78, 5) is 16.3. The molecular formula is C21H19N3O4S. The number of anilines is 1. The quantitative estimate of drug-likeness (QED) is 0.622. The highest BCUT2D eigenvalue weighted by Gasteiger charge is 2.23. The average Bonchev–Trinajstić information content (AvgIpc) is 3.54. The van der Waals surface area contributed by atoms with Crippen molar-refractivity contribution in [2.24, 2.45) is 0 Å². The fraction of sp³-hybridized carbons (Fsp3) is 0.143. The molecule has 1 aromatic heterocycles. The van der Waals surface area contributed by atoms with Gasteiger partial charge in [-0.3, -0.25) is 9.52 Å². The Labute approximate surface area is 168 Å². The number of pyridine rings is 1. The van der Waals surface area contributed by atoms with Gasteiger partial charge in [-0.25, -0.2) is 13.4 Å². The lowest BCUT2D eigenvalue weighted by atomic mass is 10.2. The highest BCUT2D eigenvalue weighted by Crippen LogP contribution is 2.24. The van der Waals surface area contributed by atoms with E-state index in [0.29, 0.717) is 22.9 Å². The normalized spacial score (nSPS) is 13.5. The van der Waals surface area contributed by atoms with Gasteiger partial charge >= 0.3 is 0 Å². The van der Waals surface area contributed by atoms with Crippen LogP contribution in [-0.4, -0.2) is 25.4 Å². The molecule has 0 bridgehead atoms. The fourth-order valence-electron chi connectivity index (χ4n) is 2.60. The average molecular weight is 409 g/mol. The van der Waals surface area contributed by atoms with Crippen molar-refractivity contribution in [1.29, 1.82) is 0 Å². The van der Waals surface area contributed by atoms with E-state index in [1.165, 1.54) is 18.3 Å². The summed E-state index contributed by atoms with van der Waals surface area (Å²) in [6, 6.07) is 18.2. The molecule has 1 aliphatic rings. The Morgan fingerprint density at radius 2 is 1.69 bits per heavy atom. The van der Waals surface area contributed by atoms with Gasteiger partial charge in [0, 0.05) is 24.0 Å². The molecule has 0 atom stereocenters. The first kappa shape index (κ1) is 18.9. The summed E-state index contributed by atoms with van der Waals surface area (Å²) in [5, 5.41) is 2.90. The summed E-state index contributed by atoms with van der Waals surface area (Å²) >= 11 is 0. The molecule has 4 rings (SSSR count). The molecule has 0 saturated heterocycles. The van der Waals surface area contributed by atoms with Gasteiger partial charge in [0.1, 0.15) is 5.75 Å². The lowest BCUT2D eigenvalue weighted by molar-refractivity contribution is 0.0950. The van der Waals surface area contributed by atoms with Gasteiger partial charge in [-0.15, -0.1) is 0 Å². The molecule has 148 valence electrons. The van der Waals surface area contributed by atoms with Gasteiger partial charge < -0.3 is 10.1 Å². The van der Waals surface area contributed by atoms with Crippen LogP contribution in [0.25, 0.3) is 0 Å². The minimum absolute atomic E-state index is 0.137.